The summed E-state index contributed by atoms with van der Waals surface area (Å²) < 4.78 is 33.9. The van der Waals surface area contributed by atoms with Gasteiger partial charge in [0.2, 0.25) is 0 Å². The Morgan fingerprint density at radius 2 is 1.62 bits per heavy atom. The Morgan fingerprint density at radius 3 is 2.27 bits per heavy atom. The average Bonchev–Trinajstić information content (AvgIpc) is 3.35. The molecule has 1 amide bonds. The third-order valence-corrected chi connectivity index (χ3v) is 8.43. The summed E-state index contributed by atoms with van der Waals surface area (Å²) in [5, 5.41) is 4.87. The maximum absolute atomic E-state index is 13.1. The molecule has 8 nitrogen and oxygen atoms in total. The maximum Gasteiger partial charge on any atom is 0.338 e. The molecule has 0 fully saturated rings. The summed E-state index contributed by atoms with van der Waals surface area (Å²) in [6.45, 7) is 9.31. The molecule has 0 bridgehead atoms. The zero-order valence-corrected chi connectivity index (χ0v) is 24.6. The Kier molecular flexibility index (Phi) is 8.41. The Morgan fingerprint density at radius 1 is 0.950 bits per heavy atom. The van der Waals surface area contributed by atoms with Gasteiger partial charge in [-0.25, -0.2) is 18.2 Å². The zero-order chi connectivity index (χ0) is 29.1. The summed E-state index contributed by atoms with van der Waals surface area (Å²) in [5.41, 5.74) is 4.62. The van der Waals surface area contributed by atoms with E-state index in [0.29, 0.717) is 16.4 Å². The van der Waals surface area contributed by atoms with Crippen LogP contribution in [0.3, 0.4) is 0 Å². The summed E-state index contributed by atoms with van der Waals surface area (Å²) in [5.74, 6) is -1.23. The standard InChI is InChI=1S/C30H31N3O5S2/c1-19-6-9-21(10-7-19)25-18-39-29(31-25)32-27(34)17-38-28(35)22-11-14-24(15-12-22)33-40(36,37)26-16-23(30(3,4)5)13-8-20(26)2/h6-16,18,33H,17H2,1-5H3,(H,31,32,34). The van der Waals surface area contributed by atoms with Crippen LogP contribution >= 0.6 is 11.3 Å². The first kappa shape index (κ1) is 29.0. The number of anilines is 2. The van der Waals surface area contributed by atoms with E-state index < -0.39 is 28.5 Å². The number of rotatable bonds is 8. The number of sulfonamides is 1. The van der Waals surface area contributed by atoms with Crippen LogP contribution in [0.1, 0.15) is 47.8 Å². The molecule has 0 aliphatic carbocycles. The van der Waals surface area contributed by atoms with Gasteiger partial charge in [0.15, 0.2) is 11.7 Å². The molecular weight excluding hydrogens is 546 g/mol. The van der Waals surface area contributed by atoms with Crippen LogP contribution in [-0.4, -0.2) is 31.9 Å². The summed E-state index contributed by atoms with van der Waals surface area (Å²) in [6.07, 6.45) is 0. The number of nitrogens with zero attached hydrogens (tertiary/aromatic N) is 1. The maximum atomic E-state index is 13.1. The van der Waals surface area contributed by atoms with E-state index in [1.54, 1.807) is 19.1 Å². The SMILES string of the molecule is Cc1ccc(-c2csc(NC(=O)COC(=O)c3ccc(NS(=O)(=O)c4cc(C(C)(C)C)ccc4C)cc3)n2)cc1. The second-order valence-corrected chi connectivity index (χ2v) is 13.0. The number of amides is 1. The third kappa shape index (κ3) is 7.13. The molecule has 208 valence electrons. The minimum absolute atomic E-state index is 0.178. The van der Waals surface area contributed by atoms with Gasteiger partial charge in [-0.2, -0.15) is 0 Å². The molecule has 3 aromatic carbocycles. The van der Waals surface area contributed by atoms with E-state index in [0.717, 1.165) is 22.4 Å². The smallest absolute Gasteiger partial charge is 0.338 e. The lowest BCUT2D eigenvalue weighted by Gasteiger charge is -2.21. The van der Waals surface area contributed by atoms with E-state index in [1.165, 1.54) is 35.6 Å². The molecule has 0 saturated carbocycles. The topological polar surface area (TPSA) is 114 Å². The predicted molar refractivity (Wildman–Crippen MR) is 158 cm³/mol. The lowest BCUT2D eigenvalue weighted by molar-refractivity contribution is -0.119. The number of nitrogens with one attached hydrogen (secondary N) is 2. The van der Waals surface area contributed by atoms with Crippen molar-refractivity contribution in [2.75, 3.05) is 16.6 Å². The fraction of sp³-hybridized carbons (Fsp3) is 0.233. The van der Waals surface area contributed by atoms with E-state index in [-0.39, 0.29) is 15.9 Å². The van der Waals surface area contributed by atoms with Crippen molar-refractivity contribution in [3.05, 3.63) is 94.4 Å². The fourth-order valence-electron chi connectivity index (χ4n) is 3.80. The minimum atomic E-state index is -3.85. The summed E-state index contributed by atoms with van der Waals surface area (Å²) >= 11 is 1.27. The second-order valence-electron chi connectivity index (χ2n) is 10.4. The fourth-order valence-corrected chi connectivity index (χ4v) is 5.86. The van der Waals surface area contributed by atoms with Crippen LogP contribution in [0.15, 0.2) is 77.0 Å². The molecule has 1 heterocycles. The quantitative estimate of drug-likeness (QED) is 0.237. The van der Waals surface area contributed by atoms with Gasteiger partial charge >= 0.3 is 5.97 Å². The highest BCUT2D eigenvalue weighted by Crippen LogP contribution is 2.28. The van der Waals surface area contributed by atoms with E-state index in [1.807, 2.05) is 63.4 Å². The molecule has 2 N–H and O–H groups in total. The van der Waals surface area contributed by atoms with Crippen molar-refractivity contribution in [2.45, 2.75) is 44.9 Å². The van der Waals surface area contributed by atoms with Gasteiger partial charge < -0.3 is 4.74 Å². The molecule has 4 aromatic rings. The molecular formula is C30H31N3O5S2. The van der Waals surface area contributed by atoms with Crippen molar-refractivity contribution in [2.24, 2.45) is 0 Å². The van der Waals surface area contributed by atoms with Gasteiger partial charge in [0, 0.05) is 16.6 Å². The highest BCUT2D eigenvalue weighted by molar-refractivity contribution is 7.92. The number of aromatic nitrogens is 1. The number of hydrogen-bond donors (Lipinski definition) is 2. The summed E-state index contributed by atoms with van der Waals surface area (Å²) in [7, 11) is -3.85. The molecule has 0 atom stereocenters. The number of thiazole rings is 1. The molecule has 0 saturated heterocycles. The average molecular weight is 578 g/mol. The molecule has 1 aromatic heterocycles. The van der Waals surface area contributed by atoms with E-state index in [2.05, 4.69) is 15.0 Å². The molecule has 0 aliphatic rings. The van der Waals surface area contributed by atoms with Gasteiger partial charge in [0.25, 0.3) is 15.9 Å². The normalized spacial score (nSPS) is 11.6. The van der Waals surface area contributed by atoms with Crippen LogP contribution in [0.4, 0.5) is 10.8 Å². The van der Waals surface area contributed by atoms with Gasteiger partial charge in [-0.3, -0.25) is 14.8 Å². The van der Waals surface area contributed by atoms with Crippen molar-refractivity contribution in [3.63, 3.8) is 0 Å². The number of aryl methyl sites for hydroxylation is 2. The first-order chi connectivity index (χ1) is 18.8. The first-order valence-electron chi connectivity index (χ1n) is 12.6. The van der Waals surface area contributed by atoms with E-state index >= 15 is 0 Å². The lowest BCUT2D eigenvalue weighted by atomic mass is 9.87. The van der Waals surface area contributed by atoms with Crippen molar-refractivity contribution in [1.82, 2.24) is 4.98 Å². The van der Waals surface area contributed by atoms with Gasteiger partial charge in [-0.1, -0.05) is 62.7 Å². The monoisotopic (exact) mass is 577 g/mol. The molecule has 0 aliphatic heterocycles. The van der Waals surface area contributed by atoms with Gasteiger partial charge in [0.1, 0.15) is 0 Å². The molecule has 0 unspecified atom stereocenters. The highest BCUT2D eigenvalue weighted by Gasteiger charge is 2.22. The van der Waals surface area contributed by atoms with Crippen molar-refractivity contribution in [1.29, 1.82) is 0 Å². The minimum Gasteiger partial charge on any atom is -0.452 e. The largest absolute Gasteiger partial charge is 0.452 e. The lowest BCUT2D eigenvalue weighted by Crippen LogP contribution is -2.21. The Balaban J connectivity index is 1.33. The van der Waals surface area contributed by atoms with Crippen molar-refractivity contribution < 1.29 is 22.7 Å². The molecule has 4 rings (SSSR count). The van der Waals surface area contributed by atoms with Crippen LogP contribution in [0.2, 0.25) is 0 Å². The second kappa shape index (κ2) is 11.6. The van der Waals surface area contributed by atoms with Crippen LogP contribution in [0.25, 0.3) is 11.3 Å². The van der Waals surface area contributed by atoms with Crippen LogP contribution in [0, 0.1) is 13.8 Å². The van der Waals surface area contributed by atoms with Gasteiger partial charge in [0.05, 0.1) is 16.2 Å². The first-order valence-corrected chi connectivity index (χ1v) is 14.9. The summed E-state index contributed by atoms with van der Waals surface area (Å²) in [6, 6.07) is 19.1. The predicted octanol–water partition coefficient (Wildman–Crippen LogP) is 6.32. The van der Waals surface area contributed by atoms with Crippen molar-refractivity contribution >= 4 is 44.1 Å². The van der Waals surface area contributed by atoms with Gasteiger partial charge in [-0.15, -0.1) is 11.3 Å². The van der Waals surface area contributed by atoms with E-state index in [4.69, 9.17) is 4.74 Å². The molecule has 10 heteroatoms. The Bertz CT molecular complexity index is 1640. The number of benzene rings is 3. The third-order valence-electron chi connectivity index (χ3n) is 6.15. The van der Waals surface area contributed by atoms with Crippen LogP contribution < -0.4 is 10.0 Å². The van der Waals surface area contributed by atoms with Crippen LogP contribution in [0.5, 0.6) is 0 Å². The number of hydrogen-bond acceptors (Lipinski definition) is 7. The molecule has 0 radical (unpaired) electrons. The number of esters is 1. The van der Waals surface area contributed by atoms with Gasteiger partial charge in [-0.05, 0) is 60.7 Å². The number of ether oxygens (including phenoxy) is 1. The Hall–Kier alpha value is -4.02. The van der Waals surface area contributed by atoms with Crippen molar-refractivity contribution in [3.8, 4) is 11.3 Å². The summed E-state index contributed by atoms with van der Waals surface area (Å²) in [4.78, 5) is 29.4. The zero-order valence-electron chi connectivity index (χ0n) is 22.9. The number of carbonyl (C=O) groups excluding carboxylic acids is 2. The molecule has 0 spiro atoms. The molecule has 40 heavy (non-hydrogen) atoms. The van der Waals surface area contributed by atoms with Crippen LogP contribution in [-0.2, 0) is 25.0 Å². The van der Waals surface area contributed by atoms with E-state index in [9.17, 15) is 18.0 Å². The number of carbonyl (C=O) groups is 2. The highest BCUT2D eigenvalue weighted by atomic mass is 32.2. The Labute approximate surface area is 238 Å².